The van der Waals surface area contributed by atoms with Crippen LogP contribution >= 0.6 is 0 Å². The Hall–Kier alpha value is -2.35. The molecule has 1 fully saturated rings. The molecule has 1 N–H and O–H groups in total. The van der Waals surface area contributed by atoms with Crippen molar-refractivity contribution in [2.75, 3.05) is 6.54 Å². The molecule has 0 aliphatic carbocycles. The molecule has 1 atom stereocenters. The second-order valence-electron chi connectivity index (χ2n) is 3.97. The molecule has 1 aliphatic rings. The molecular formula is C12H11N3O2. The van der Waals surface area contributed by atoms with Crippen LogP contribution in [0.4, 0.5) is 4.79 Å². The third-order valence-corrected chi connectivity index (χ3v) is 2.85. The first-order valence-corrected chi connectivity index (χ1v) is 5.16. The summed E-state index contributed by atoms with van der Waals surface area (Å²) >= 11 is 0. The van der Waals surface area contributed by atoms with Gasteiger partial charge in [0.2, 0.25) is 0 Å². The van der Waals surface area contributed by atoms with Crippen LogP contribution in [0.2, 0.25) is 0 Å². The lowest BCUT2D eigenvalue weighted by atomic mass is 9.92. The fourth-order valence-corrected chi connectivity index (χ4v) is 1.88. The smallest absolute Gasteiger partial charge is 0.319 e. The minimum Gasteiger partial charge on any atom is -0.319 e. The van der Waals surface area contributed by atoms with Gasteiger partial charge in [-0.05, 0) is 12.5 Å². The van der Waals surface area contributed by atoms with Crippen molar-refractivity contribution < 1.29 is 9.59 Å². The molecule has 1 aliphatic heterocycles. The highest BCUT2D eigenvalue weighted by molar-refractivity contribution is 6.07. The van der Waals surface area contributed by atoms with Crippen molar-refractivity contribution in [3.8, 4) is 6.07 Å². The van der Waals surface area contributed by atoms with Crippen LogP contribution < -0.4 is 5.32 Å². The van der Waals surface area contributed by atoms with Crippen LogP contribution in [-0.2, 0) is 10.3 Å². The first kappa shape index (κ1) is 11.1. The number of amides is 3. The Labute approximate surface area is 98.6 Å². The van der Waals surface area contributed by atoms with Crippen LogP contribution in [0.25, 0.3) is 0 Å². The Kier molecular flexibility index (Phi) is 2.56. The normalized spacial score (nSPS) is 23.4. The van der Waals surface area contributed by atoms with E-state index in [1.54, 1.807) is 37.3 Å². The van der Waals surface area contributed by atoms with Crippen molar-refractivity contribution in [1.29, 1.82) is 5.26 Å². The van der Waals surface area contributed by atoms with Gasteiger partial charge in [-0.25, -0.2) is 9.69 Å². The van der Waals surface area contributed by atoms with Gasteiger partial charge in [-0.2, -0.15) is 5.26 Å². The molecule has 86 valence electrons. The number of nitrogens with zero attached hydrogens (tertiary/aromatic N) is 2. The second kappa shape index (κ2) is 3.91. The largest absolute Gasteiger partial charge is 0.326 e. The van der Waals surface area contributed by atoms with Crippen molar-refractivity contribution in [3.63, 3.8) is 0 Å². The van der Waals surface area contributed by atoms with E-state index in [0.717, 1.165) is 4.90 Å². The van der Waals surface area contributed by atoms with E-state index in [2.05, 4.69) is 5.32 Å². The van der Waals surface area contributed by atoms with E-state index < -0.39 is 17.5 Å². The van der Waals surface area contributed by atoms with Crippen LogP contribution in [0.15, 0.2) is 30.3 Å². The molecule has 1 aromatic carbocycles. The Morgan fingerprint density at radius 3 is 2.59 bits per heavy atom. The average molecular weight is 229 g/mol. The van der Waals surface area contributed by atoms with Crippen LogP contribution in [0, 0.1) is 11.3 Å². The standard InChI is InChI=1S/C12H11N3O2/c1-12(9-5-3-2-4-6-9)10(16)15(8-7-13)11(17)14-12/h2-6H,8H2,1H3,(H,14,17)/t12-/m0/s1. The lowest BCUT2D eigenvalue weighted by Gasteiger charge is -2.21. The quantitative estimate of drug-likeness (QED) is 0.606. The molecule has 17 heavy (non-hydrogen) atoms. The van der Waals surface area contributed by atoms with E-state index in [9.17, 15) is 9.59 Å². The van der Waals surface area contributed by atoms with Crippen LogP contribution in [0.3, 0.4) is 0 Å². The van der Waals surface area contributed by atoms with Gasteiger partial charge < -0.3 is 5.32 Å². The van der Waals surface area contributed by atoms with Crippen molar-refractivity contribution in [2.24, 2.45) is 0 Å². The summed E-state index contributed by atoms with van der Waals surface area (Å²) < 4.78 is 0. The summed E-state index contributed by atoms with van der Waals surface area (Å²) in [4.78, 5) is 24.6. The van der Waals surface area contributed by atoms with Crippen molar-refractivity contribution in [3.05, 3.63) is 35.9 Å². The van der Waals surface area contributed by atoms with Crippen molar-refractivity contribution in [1.82, 2.24) is 10.2 Å². The highest BCUT2D eigenvalue weighted by Crippen LogP contribution is 2.28. The number of benzene rings is 1. The average Bonchev–Trinajstić information content (AvgIpc) is 2.56. The van der Waals surface area contributed by atoms with Gasteiger partial charge in [-0.1, -0.05) is 30.3 Å². The molecule has 1 aromatic rings. The van der Waals surface area contributed by atoms with Crippen LogP contribution in [-0.4, -0.2) is 23.4 Å². The summed E-state index contributed by atoms with van der Waals surface area (Å²) in [5.74, 6) is -0.393. The zero-order valence-electron chi connectivity index (χ0n) is 9.30. The zero-order chi connectivity index (χ0) is 12.5. The molecule has 0 bridgehead atoms. The summed E-state index contributed by atoms with van der Waals surface area (Å²) in [5, 5.41) is 11.2. The number of rotatable bonds is 2. The highest BCUT2D eigenvalue weighted by Gasteiger charge is 2.48. The highest BCUT2D eigenvalue weighted by atomic mass is 16.2. The Balaban J connectivity index is 2.39. The monoisotopic (exact) mass is 229 g/mol. The molecule has 1 saturated heterocycles. The first-order chi connectivity index (χ1) is 8.09. The molecule has 0 aromatic heterocycles. The summed E-state index contributed by atoms with van der Waals surface area (Å²) in [5.41, 5.74) is -0.367. The SMILES string of the molecule is C[C@@]1(c2ccccc2)NC(=O)N(CC#N)C1=O. The lowest BCUT2D eigenvalue weighted by Crippen LogP contribution is -2.40. The molecule has 1 heterocycles. The third-order valence-electron chi connectivity index (χ3n) is 2.85. The molecule has 5 nitrogen and oxygen atoms in total. The van der Waals surface area contributed by atoms with Gasteiger partial charge in [-0.3, -0.25) is 4.79 Å². The fourth-order valence-electron chi connectivity index (χ4n) is 1.88. The van der Waals surface area contributed by atoms with Gasteiger partial charge in [0, 0.05) is 0 Å². The minimum atomic E-state index is -1.07. The van der Waals surface area contributed by atoms with E-state index in [0.29, 0.717) is 5.56 Å². The molecule has 0 unspecified atom stereocenters. The summed E-state index contributed by atoms with van der Waals surface area (Å²) in [6.45, 7) is 1.41. The molecule has 0 radical (unpaired) electrons. The number of nitriles is 1. The minimum absolute atomic E-state index is 0.229. The Morgan fingerprint density at radius 1 is 1.35 bits per heavy atom. The van der Waals surface area contributed by atoms with Gasteiger partial charge in [0.1, 0.15) is 12.1 Å². The number of urea groups is 1. The Bertz CT molecular complexity index is 506. The van der Waals surface area contributed by atoms with Gasteiger partial charge in [0.05, 0.1) is 6.07 Å². The summed E-state index contributed by atoms with van der Waals surface area (Å²) in [6, 6.07) is 10.3. The Morgan fingerprint density at radius 2 is 2.00 bits per heavy atom. The molecule has 0 saturated carbocycles. The topological polar surface area (TPSA) is 73.2 Å². The maximum Gasteiger partial charge on any atom is 0.326 e. The van der Waals surface area contributed by atoms with E-state index in [-0.39, 0.29) is 6.54 Å². The summed E-state index contributed by atoms with van der Waals surface area (Å²) in [7, 11) is 0. The lowest BCUT2D eigenvalue weighted by molar-refractivity contribution is -0.130. The van der Waals surface area contributed by atoms with Crippen molar-refractivity contribution >= 4 is 11.9 Å². The third kappa shape index (κ3) is 1.64. The predicted molar refractivity (Wildman–Crippen MR) is 59.7 cm³/mol. The van der Waals surface area contributed by atoms with Gasteiger partial charge in [0.25, 0.3) is 5.91 Å². The number of carbonyl (C=O) groups excluding carboxylic acids is 2. The fraction of sp³-hybridized carbons (Fsp3) is 0.250. The van der Waals surface area contributed by atoms with Crippen molar-refractivity contribution in [2.45, 2.75) is 12.5 Å². The van der Waals surface area contributed by atoms with E-state index >= 15 is 0 Å². The maximum atomic E-state index is 12.1. The number of carbonyl (C=O) groups is 2. The number of hydrogen-bond acceptors (Lipinski definition) is 3. The zero-order valence-corrected chi connectivity index (χ0v) is 9.30. The molecule has 0 spiro atoms. The van der Waals surface area contributed by atoms with E-state index in [1.165, 1.54) is 0 Å². The number of imide groups is 1. The van der Waals surface area contributed by atoms with Gasteiger partial charge >= 0.3 is 6.03 Å². The van der Waals surface area contributed by atoms with E-state index in [1.807, 2.05) is 6.07 Å². The molecule has 3 amide bonds. The molecule has 5 heteroatoms. The van der Waals surface area contributed by atoms with Crippen LogP contribution in [0.1, 0.15) is 12.5 Å². The summed E-state index contributed by atoms with van der Waals surface area (Å²) in [6.07, 6.45) is 0. The second-order valence-corrected chi connectivity index (χ2v) is 3.97. The number of hydrogen-bond donors (Lipinski definition) is 1. The first-order valence-electron chi connectivity index (χ1n) is 5.16. The molecular weight excluding hydrogens is 218 g/mol. The maximum absolute atomic E-state index is 12.1. The van der Waals surface area contributed by atoms with Crippen LogP contribution in [0.5, 0.6) is 0 Å². The molecule has 2 rings (SSSR count). The van der Waals surface area contributed by atoms with E-state index in [4.69, 9.17) is 5.26 Å². The van der Waals surface area contributed by atoms with Gasteiger partial charge in [0.15, 0.2) is 0 Å². The van der Waals surface area contributed by atoms with Gasteiger partial charge in [-0.15, -0.1) is 0 Å². The number of nitrogens with one attached hydrogen (secondary N) is 1. The predicted octanol–water partition coefficient (Wildman–Crippen LogP) is 0.977.